The molecule has 0 aromatic carbocycles. The molecule has 0 spiro atoms. The van der Waals surface area contributed by atoms with Crippen LogP contribution in [0.5, 0.6) is 0 Å². The predicted molar refractivity (Wildman–Crippen MR) is 71.2 cm³/mol. The molecule has 1 fully saturated rings. The van der Waals surface area contributed by atoms with Crippen LogP contribution in [0.1, 0.15) is 42.5 Å². The zero-order valence-electron chi connectivity index (χ0n) is 10.0. The summed E-state index contributed by atoms with van der Waals surface area (Å²) in [7, 11) is 0. The molecule has 5 heteroatoms. The van der Waals surface area contributed by atoms with E-state index in [4.69, 9.17) is 0 Å². The summed E-state index contributed by atoms with van der Waals surface area (Å²) in [4.78, 5) is 15.9. The van der Waals surface area contributed by atoms with Gasteiger partial charge < -0.3 is 5.32 Å². The van der Waals surface area contributed by atoms with Crippen LogP contribution < -0.4 is 5.32 Å². The van der Waals surface area contributed by atoms with E-state index < -0.39 is 5.82 Å². The summed E-state index contributed by atoms with van der Waals surface area (Å²) in [6.07, 6.45) is 7.94. The number of aromatic nitrogens is 1. The number of nitrogens with one attached hydrogen (secondary N) is 1. The average Bonchev–Trinajstić information content (AvgIpc) is 2.55. The number of alkyl halides is 1. The molecule has 0 saturated heterocycles. The van der Waals surface area contributed by atoms with Gasteiger partial charge in [0.05, 0.1) is 11.8 Å². The molecule has 1 aliphatic rings. The van der Waals surface area contributed by atoms with Gasteiger partial charge in [0.15, 0.2) is 5.82 Å². The van der Waals surface area contributed by atoms with Crippen molar-refractivity contribution in [1.29, 1.82) is 0 Å². The second-order valence-corrected chi connectivity index (χ2v) is 5.77. The topological polar surface area (TPSA) is 42.0 Å². The Hall–Kier alpha value is -0.970. The number of hydrogen-bond donors (Lipinski definition) is 1. The molecule has 1 amide bonds. The van der Waals surface area contributed by atoms with Crippen molar-refractivity contribution in [2.45, 2.75) is 43.0 Å². The van der Waals surface area contributed by atoms with Gasteiger partial charge in [0.25, 0.3) is 5.91 Å². The molecule has 2 rings (SSSR count). The number of hydrogen-bond acceptors (Lipinski definition) is 2. The van der Waals surface area contributed by atoms with E-state index in [1.54, 1.807) is 0 Å². The molecule has 1 aromatic rings. The Morgan fingerprint density at radius 2 is 2.17 bits per heavy atom. The van der Waals surface area contributed by atoms with Crippen molar-refractivity contribution in [3.8, 4) is 0 Å². The van der Waals surface area contributed by atoms with Gasteiger partial charge in [-0.05, 0) is 18.9 Å². The highest BCUT2D eigenvalue weighted by Crippen LogP contribution is 2.24. The Bertz CT molecular complexity index is 427. The molecule has 0 radical (unpaired) electrons. The van der Waals surface area contributed by atoms with E-state index in [2.05, 4.69) is 26.2 Å². The second kappa shape index (κ2) is 6.27. The summed E-state index contributed by atoms with van der Waals surface area (Å²) >= 11 is 3.60. The number of halogens is 2. The van der Waals surface area contributed by atoms with Gasteiger partial charge >= 0.3 is 0 Å². The van der Waals surface area contributed by atoms with Crippen molar-refractivity contribution in [2.75, 3.05) is 0 Å². The fourth-order valence-corrected chi connectivity index (χ4v) is 2.95. The van der Waals surface area contributed by atoms with Crippen LogP contribution in [-0.4, -0.2) is 21.8 Å². The smallest absolute Gasteiger partial charge is 0.254 e. The lowest BCUT2D eigenvalue weighted by Crippen LogP contribution is -2.40. The fourth-order valence-electron chi connectivity index (χ4n) is 2.23. The molecular formula is C13H16BrFN2O. The number of pyridine rings is 1. The summed E-state index contributed by atoms with van der Waals surface area (Å²) in [5.74, 6) is -0.930. The van der Waals surface area contributed by atoms with E-state index in [0.29, 0.717) is 0 Å². The number of rotatable bonds is 2. The monoisotopic (exact) mass is 314 g/mol. The van der Waals surface area contributed by atoms with Gasteiger partial charge in [-0.25, -0.2) is 4.39 Å². The number of carbonyl (C=O) groups is 1. The molecule has 98 valence electrons. The van der Waals surface area contributed by atoms with E-state index in [1.807, 2.05) is 0 Å². The van der Waals surface area contributed by atoms with E-state index in [9.17, 15) is 9.18 Å². The summed E-state index contributed by atoms with van der Waals surface area (Å²) in [5, 5.41) is 2.91. The van der Waals surface area contributed by atoms with Gasteiger partial charge in [0.1, 0.15) is 0 Å². The van der Waals surface area contributed by atoms with Crippen LogP contribution in [-0.2, 0) is 0 Å². The molecule has 2 unspecified atom stereocenters. The van der Waals surface area contributed by atoms with Crippen LogP contribution in [0.15, 0.2) is 18.5 Å². The normalized spacial score (nSPS) is 24.3. The minimum absolute atomic E-state index is 0.0638. The highest BCUT2D eigenvalue weighted by Gasteiger charge is 2.24. The Kier molecular flexibility index (Phi) is 4.69. The molecule has 1 aliphatic carbocycles. The molecule has 0 bridgehead atoms. The second-order valence-electron chi connectivity index (χ2n) is 4.59. The van der Waals surface area contributed by atoms with Crippen LogP contribution in [0, 0.1) is 5.82 Å². The Morgan fingerprint density at radius 3 is 2.94 bits per heavy atom. The average molecular weight is 315 g/mol. The largest absolute Gasteiger partial charge is 0.348 e. The van der Waals surface area contributed by atoms with Gasteiger partial charge in [-0.3, -0.25) is 9.78 Å². The number of carbonyl (C=O) groups excluding carboxylic acids is 1. The van der Waals surface area contributed by atoms with Crippen LogP contribution in [0.3, 0.4) is 0 Å². The Labute approximate surface area is 114 Å². The predicted octanol–water partition coefficient (Wildman–Crippen LogP) is 3.05. The maximum Gasteiger partial charge on any atom is 0.254 e. The SMILES string of the molecule is O=C(NC1CCCCCC1Br)c1ccncc1F. The van der Waals surface area contributed by atoms with Crippen LogP contribution in [0.4, 0.5) is 4.39 Å². The molecule has 0 aliphatic heterocycles. The van der Waals surface area contributed by atoms with Crippen LogP contribution in [0.25, 0.3) is 0 Å². The first-order valence-corrected chi connectivity index (χ1v) is 7.14. The Morgan fingerprint density at radius 1 is 1.39 bits per heavy atom. The molecule has 1 heterocycles. The third kappa shape index (κ3) is 3.28. The van der Waals surface area contributed by atoms with Gasteiger partial charge in [-0.1, -0.05) is 35.2 Å². The van der Waals surface area contributed by atoms with E-state index in [1.165, 1.54) is 25.1 Å². The van der Waals surface area contributed by atoms with Gasteiger partial charge in [-0.2, -0.15) is 0 Å². The van der Waals surface area contributed by atoms with Gasteiger partial charge in [0.2, 0.25) is 0 Å². The van der Waals surface area contributed by atoms with Crippen molar-refractivity contribution < 1.29 is 9.18 Å². The molecular weight excluding hydrogens is 299 g/mol. The first kappa shape index (κ1) is 13.5. The molecule has 1 aromatic heterocycles. The lowest BCUT2D eigenvalue weighted by Gasteiger charge is -2.21. The van der Waals surface area contributed by atoms with Crippen molar-refractivity contribution >= 4 is 21.8 Å². The van der Waals surface area contributed by atoms with Crippen molar-refractivity contribution in [2.24, 2.45) is 0 Å². The summed E-state index contributed by atoms with van der Waals surface area (Å²) in [6.45, 7) is 0. The molecule has 1 saturated carbocycles. The summed E-state index contributed by atoms with van der Waals surface area (Å²) in [6, 6.07) is 1.48. The maximum atomic E-state index is 13.4. The Balaban J connectivity index is 2.04. The molecule has 18 heavy (non-hydrogen) atoms. The van der Waals surface area contributed by atoms with Gasteiger partial charge in [-0.15, -0.1) is 0 Å². The quantitative estimate of drug-likeness (QED) is 0.673. The summed E-state index contributed by atoms with van der Waals surface area (Å²) < 4.78 is 13.4. The van der Waals surface area contributed by atoms with Crippen LogP contribution >= 0.6 is 15.9 Å². The minimum Gasteiger partial charge on any atom is -0.348 e. The zero-order valence-corrected chi connectivity index (χ0v) is 11.6. The molecule has 1 N–H and O–H groups in total. The first-order valence-electron chi connectivity index (χ1n) is 6.23. The highest BCUT2D eigenvalue weighted by atomic mass is 79.9. The third-order valence-corrected chi connectivity index (χ3v) is 4.36. The van der Waals surface area contributed by atoms with Crippen molar-refractivity contribution in [1.82, 2.24) is 10.3 Å². The van der Waals surface area contributed by atoms with Crippen LogP contribution in [0.2, 0.25) is 0 Å². The third-order valence-electron chi connectivity index (χ3n) is 3.27. The summed E-state index contributed by atoms with van der Waals surface area (Å²) in [5.41, 5.74) is 0.0638. The standard InChI is InChI=1S/C13H16BrFN2O/c14-10-4-2-1-3-5-12(10)17-13(18)9-6-7-16-8-11(9)15/h6-8,10,12H,1-5H2,(H,17,18). The van der Waals surface area contributed by atoms with Crippen molar-refractivity contribution in [3.63, 3.8) is 0 Å². The number of amides is 1. The van der Waals surface area contributed by atoms with E-state index >= 15 is 0 Å². The zero-order chi connectivity index (χ0) is 13.0. The van der Waals surface area contributed by atoms with E-state index in [-0.39, 0.29) is 22.3 Å². The molecule has 3 nitrogen and oxygen atoms in total. The van der Waals surface area contributed by atoms with E-state index in [0.717, 1.165) is 25.5 Å². The first-order chi connectivity index (χ1) is 8.68. The fraction of sp³-hybridized carbons (Fsp3) is 0.538. The maximum absolute atomic E-state index is 13.4. The molecule has 2 atom stereocenters. The van der Waals surface area contributed by atoms with Crippen molar-refractivity contribution in [3.05, 3.63) is 29.8 Å². The highest BCUT2D eigenvalue weighted by molar-refractivity contribution is 9.09. The van der Waals surface area contributed by atoms with Gasteiger partial charge in [0, 0.05) is 17.1 Å². The minimum atomic E-state index is -0.574. The lowest BCUT2D eigenvalue weighted by molar-refractivity contribution is 0.0930. The number of nitrogens with zero attached hydrogens (tertiary/aromatic N) is 1. The lowest BCUT2D eigenvalue weighted by atomic mass is 10.1.